The smallest absolute Gasteiger partial charge is 0.306 e. The minimum absolute atomic E-state index is 0.147. The molecule has 0 aliphatic heterocycles. The summed E-state index contributed by atoms with van der Waals surface area (Å²) in [5, 5.41) is 11.8. The van der Waals surface area contributed by atoms with Gasteiger partial charge in [0, 0.05) is 12.8 Å². The Hall–Kier alpha value is -2.75. The zero-order valence-corrected chi connectivity index (χ0v) is 48.5. The number of carbonyl (C=O) groups excluding carboxylic acids is 3. The molecule has 0 aromatic rings. The number of ether oxygens (including phenoxy) is 4. The number of esters is 2. The van der Waals surface area contributed by atoms with E-state index in [1.54, 1.807) is 0 Å². The fourth-order valence-electron chi connectivity index (χ4n) is 8.78. The second-order valence-electron chi connectivity index (χ2n) is 22.0. The highest BCUT2D eigenvalue weighted by Gasteiger charge is 2.22. The SMILES string of the molecule is CCCCC/C=C\C/C=C\CCCCCCCCCCCC(=O)OCC(COC(OCC[N+](C)(C)C)C(=O)[O-])OC(=O)CCCCCCCCCCCCCCCCCCC/C=C\C/C=C\CCCCCCC. The quantitative estimate of drug-likeness (QED) is 0.0195. The molecule has 0 radical (unpaired) electrons. The number of carboxylic acid groups (broad SMARTS) is 1. The second-order valence-corrected chi connectivity index (χ2v) is 22.0. The fraction of sp³-hybridized carbons (Fsp3) is 0.828. The van der Waals surface area contributed by atoms with Crippen molar-refractivity contribution in [1.82, 2.24) is 0 Å². The molecule has 2 unspecified atom stereocenters. The van der Waals surface area contributed by atoms with Gasteiger partial charge in [0.05, 0.1) is 40.3 Å². The molecule has 0 aliphatic rings. The van der Waals surface area contributed by atoms with E-state index in [0.717, 1.165) is 44.9 Å². The summed E-state index contributed by atoms with van der Waals surface area (Å²) in [5.74, 6) is -2.27. The van der Waals surface area contributed by atoms with Gasteiger partial charge < -0.3 is 33.3 Å². The van der Waals surface area contributed by atoms with Crippen LogP contribution in [0.2, 0.25) is 0 Å². The number of nitrogens with zero attached hydrogens (tertiary/aromatic N) is 1. The first-order valence-electron chi connectivity index (χ1n) is 30.8. The Balaban J connectivity index is 4.16. The molecule has 0 saturated heterocycles. The molecule has 426 valence electrons. The van der Waals surface area contributed by atoms with Gasteiger partial charge >= 0.3 is 11.9 Å². The van der Waals surface area contributed by atoms with Gasteiger partial charge in [0.1, 0.15) is 13.2 Å². The van der Waals surface area contributed by atoms with Crippen LogP contribution in [-0.4, -0.2) is 82.3 Å². The molecule has 0 spiro atoms. The lowest BCUT2D eigenvalue weighted by molar-refractivity contribution is -0.870. The van der Waals surface area contributed by atoms with Gasteiger partial charge in [0.25, 0.3) is 0 Å². The van der Waals surface area contributed by atoms with Gasteiger partial charge in [-0.2, -0.15) is 0 Å². The van der Waals surface area contributed by atoms with Crippen LogP contribution in [0.15, 0.2) is 48.6 Å². The van der Waals surface area contributed by atoms with Gasteiger partial charge in [-0.1, -0.05) is 242 Å². The summed E-state index contributed by atoms with van der Waals surface area (Å²) < 4.78 is 22.7. The summed E-state index contributed by atoms with van der Waals surface area (Å²) in [6, 6.07) is 0. The zero-order valence-electron chi connectivity index (χ0n) is 48.5. The van der Waals surface area contributed by atoms with E-state index in [1.807, 2.05) is 21.1 Å². The van der Waals surface area contributed by atoms with Crippen LogP contribution < -0.4 is 5.11 Å². The average molecular weight is 1030 g/mol. The third kappa shape index (κ3) is 56.8. The maximum Gasteiger partial charge on any atom is 0.306 e. The van der Waals surface area contributed by atoms with Crippen molar-refractivity contribution in [3.63, 3.8) is 0 Å². The van der Waals surface area contributed by atoms with E-state index >= 15 is 0 Å². The number of hydrogen-bond acceptors (Lipinski definition) is 8. The number of allylic oxidation sites excluding steroid dienone is 8. The molecule has 0 aliphatic carbocycles. The Kier molecular flexibility index (Phi) is 53.4. The molecule has 0 rings (SSSR count). The minimum atomic E-state index is -1.62. The number of unbranched alkanes of at least 4 members (excludes halogenated alkanes) is 34. The van der Waals surface area contributed by atoms with Gasteiger partial charge in [0.15, 0.2) is 12.4 Å². The molecule has 0 saturated carbocycles. The predicted molar refractivity (Wildman–Crippen MR) is 306 cm³/mol. The third-order valence-corrected chi connectivity index (χ3v) is 13.5. The van der Waals surface area contributed by atoms with Crippen LogP contribution in [0.3, 0.4) is 0 Å². The normalized spacial score (nSPS) is 13.1. The molecule has 0 aromatic carbocycles. The van der Waals surface area contributed by atoms with Crippen molar-refractivity contribution in [3.05, 3.63) is 48.6 Å². The molecule has 0 N–H and O–H groups in total. The second kappa shape index (κ2) is 55.5. The number of quaternary nitrogens is 1. The van der Waals surface area contributed by atoms with Gasteiger partial charge in [-0.3, -0.25) is 9.59 Å². The first kappa shape index (κ1) is 70.2. The van der Waals surface area contributed by atoms with Crippen molar-refractivity contribution in [1.29, 1.82) is 0 Å². The van der Waals surface area contributed by atoms with Gasteiger partial charge in [0.2, 0.25) is 0 Å². The molecule has 0 aromatic heterocycles. The predicted octanol–water partition coefficient (Wildman–Crippen LogP) is 16.9. The number of aliphatic carboxylic acids is 1. The van der Waals surface area contributed by atoms with Crippen molar-refractivity contribution < 1.29 is 42.9 Å². The van der Waals surface area contributed by atoms with E-state index in [2.05, 4.69) is 62.5 Å². The monoisotopic (exact) mass is 1030 g/mol. The van der Waals surface area contributed by atoms with Gasteiger partial charge in [-0.25, -0.2) is 0 Å². The van der Waals surface area contributed by atoms with Crippen LogP contribution >= 0.6 is 0 Å². The third-order valence-electron chi connectivity index (χ3n) is 13.5. The first-order valence-corrected chi connectivity index (χ1v) is 30.8. The summed E-state index contributed by atoms with van der Waals surface area (Å²) in [6.45, 7) is 4.74. The van der Waals surface area contributed by atoms with E-state index in [0.29, 0.717) is 17.4 Å². The number of hydrogen-bond donors (Lipinski definition) is 0. The Morgan fingerprint density at radius 3 is 1.11 bits per heavy atom. The Morgan fingerprint density at radius 2 is 0.740 bits per heavy atom. The van der Waals surface area contributed by atoms with Crippen LogP contribution in [-0.2, 0) is 33.3 Å². The number of likely N-dealkylation sites (N-methyl/N-ethyl adjacent to an activating group) is 1. The Morgan fingerprint density at radius 1 is 0.411 bits per heavy atom. The van der Waals surface area contributed by atoms with Crippen molar-refractivity contribution >= 4 is 17.9 Å². The van der Waals surface area contributed by atoms with Crippen LogP contribution in [0.4, 0.5) is 0 Å². The number of carbonyl (C=O) groups is 3. The summed E-state index contributed by atoms with van der Waals surface area (Å²) in [5.41, 5.74) is 0. The largest absolute Gasteiger partial charge is 0.545 e. The van der Waals surface area contributed by atoms with E-state index in [9.17, 15) is 19.5 Å². The summed E-state index contributed by atoms with van der Waals surface area (Å²) in [7, 11) is 5.93. The van der Waals surface area contributed by atoms with E-state index < -0.39 is 24.3 Å². The molecule has 0 bridgehead atoms. The van der Waals surface area contributed by atoms with Crippen LogP contribution in [0.25, 0.3) is 0 Å². The zero-order chi connectivity index (χ0) is 53.4. The average Bonchev–Trinajstić information content (AvgIpc) is 3.36. The standard InChI is InChI=1S/C64H117NO8/c1-6-8-10-12-14-16-18-20-22-24-26-27-28-29-30-31-32-33-34-35-37-39-41-43-45-47-49-51-53-55-62(67)73-60(59-72-64(63(68)69)70-57-56-65(3,4)5)58-71-61(66)54-52-50-48-46-44-42-40-38-36-25-23-21-19-17-15-13-11-9-7-2/h15,17-18,20-21,23-24,26,60,64H,6-14,16,19,22,25,27-59H2,1-5H3/b17-15-,20-18-,23-21-,26-24-. The fourth-order valence-corrected chi connectivity index (χ4v) is 8.78. The van der Waals surface area contributed by atoms with Crippen molar-refractivity contribution in [3.8, 4) is 0 Å². The van der Waals surface area contributed by atoms with Gasteiger partial charge in [-0.15, -0.1) is 0 Å². The highest BCUT2D eigenvalue weighted by molar-refractivity contribution is 5.70. The first-order chi connectivity index (χ1) is 35.6. The van der Waals surface area contributed by atoms with Crippen LogP contribution in [0.5, 0.6) is 0 Å². The lowest BCUT2D eigenvalue weighted by atomic mass is 10.0. The highest BCUT2D eigenvalue weighted by Crippen LogP contribution is 2.17. The van der Waals surface area contributed by atoms with E-state index in [4.69, 9.17) is 18.9 Å². The Labute approximate surface area is 451 Å². The van der Waals surface area contributed by atoms with Crippen LogP contribution in [0, 0.1) is 0 Å². The Bertz CT molecular complexity index is 1340. The number of rotatable bonds is 57. The molecular formula is C64H117NO8. The van der Waals surface area contributed by atoms with Crippen LogP contribution in [0.1, 0.15) is 284 Å². The highest BCUT2D eigenvalue weighted by atomic mass is 16.7. The lowest BCUT2D eigenvalue weighted by Gasteiger charge is -2.26. The number of carboxylic acids is 1. The lowest BCUT2D eigenvalue weighted by Crippen LogP contribution is -2.44. The topological polar surface area (TPSA) is 111 Å². The minimum Gasteiger partial charge on any atom is -0.545 e. The molecule has 2 atom stereocenters. The molecule has 9 heteroatoms. The van der Waals surface area contributed by atoms with Crippen molar-refractivity contribution in [2.75, 3.05) is 47.5 Å². The summed E-state index contributed by atoms with van der Waals surface area (Å²) in [4.78, 5) is 37.3. The van der Waals surface area contributed by atoms with E-state index in [1.165, 1.54) is 205 Å². The summed E-state index contributed by atoms with van der Waals surface area (Å²) in [6.07, 6.45) is 65.9. The maximum atomic E-state index is 12.9. The van der Waals surface area contributed by atoms with Gasteiger partial charge in [-0.05, 0) is 77.0 Å². The molecular weight excluding hydrogens is 911 g/mol. The summed E-state index contributed by atoms with van der Waals surface area (Å²) >= 11 is 0. The van der Waals surface area contributed by atoms with E-state index in [-0.39, 0.29) is 38.6 Å². The molecule has 0 heterocycles. The molecule has 0 fully saturated rings. The van der Waals surface area contributed by atoms with Crippen molar-refractivity contribution in [2.24, 2.45) is 0 Å². The molecule has 73 heavy (non-hydrogen) atoms. The molecule has 9 nitrogen and oxygen atoms in total. The van der Waals surface area contributed by atoms with Crippen molar-refractivity contribution in [2.45, 2.75) is 296 Å². The molecule has 0 amide bonds. The maximum absolute atomic E-state index is 12.9.